The van der Waals surface area contributed by atoms with Crippen molar-refractivity contribution in [2.24, 2.45) is 5.41 Å². The summed E-state index contributed by atoms with van der Waals surface area (Å²) in [7, 11) is 2.43. The number of esters is 2. The van der Waals surface area contributed by atoms with Crippen molar-refractivity contribution in [3.8, 4) is 12.3 Å². The van der Waals surface area contributed by atoms with Gasteiger partial charge in [-0.05, 0) is 13.3 Å². The molecule has 0 aliphatic heterocycles. The van der Waals surface area contributed by atoms with Crippen molar-refractivity contribution in [1.82, 2.24) is 0 Å². The lowest BCUT2D eigenvalue weighted by atomic mass is 9.81. The summed E-state index contributed by atoms with van der Waals surface area (Å²) in [5.74, 6) is 0.971. The van der Waals surface area contributed by atoms with Crippen LogP contribution >= 0.6 is 0 Å². The Morgan fingerprint density at radius 3 is 2.12 bits per heavy atom. The summed E-state index contributed by atoms with van der Waals surface area (Å²) in [6.07, 6.45) is 8.73. The standard InChI is InChI=1S/C12H16O4/c1-5-7-9-12(8-6-2,10(13)15-3)11(14)16-4/h2,5,7H,8-9H2,1,3-4H3/b7-5-. The number of ether oxygens (including phenoxy) is 2. The Morgan fingerprint density at radius 1 is 1.31 bits per heavy atom. The second-order valence-electron chi connectivity index (χ2n) is 3.22. The Bertz CT molecular complexity index is 306. The number of terminal acetylenes is 1. The number of allylic oxidation sites excluding steroid dienone is 2. The zero-order valence-electron chi connectivity index (χ0n) is 9.78. The second kappa shape index (κ2) is 6.67. The van der Waals surface area contributed by atoms with Crippen molar-refractivity contribution in [1.29, 1.82) is 0 Å². The first-order chi connectivity index (χ1) is 7.58. The van der Waals surface area contributed by atoms with Gasteiger partial charge in [-0.3, -0.25) is 9.59 Å². The molecule has 4 nitrogen and oxygen atoms in total. The Kier molecular flexibility index (Phi) is 5.94. The number of hydrogen-bond donors (Lipinski definition) is 0. The average Bonchev–Trinajstić information content (AvgIpc) is 2.32. The molecule has 0 rings (SSSR count). The van der Waals surface area contributed by atoms with Crippen LogP contribution in [0, 0.1) is 17.8 Å². The van der Waals surface area contributed by atoms with Crippen molar-refractivity contribution < 1.29 is 19.1 Å². The molecule has 0 saturated carbocycles. The molecule has 0 aliphatic rings. The minimum Gasteiger partial charge on any atom is -0.468 e. The summed E-state index contributed by atoms with van der Waals surface area (Å²) in [6.45, 7) is 1.79. The molecule has 0 aliphatic carbocycles. The normalized spacial score (nSPS) is 10.9. The van der Waals surface area contributed by atoms with E-state index in [2.05, 4.69) is 15.4 Å². The predicted octanol–water partition coefficient (Wildman–Crippen LogP) is 1.31. The SMILES string of the molecule is C#CCC(C/C=C\C)(C(=O)OC)C(=O)OC. The van der Waals surface area contributed by atoms with Crippen LogP contribution < -0.4 is 0 Å². The summed E-state index contributed by atoms with van der Waals surface area (Å²) in [6, 6.07) is 0. The lowest BCUT2D eigenvalue weighted by molar-refractivity contribution is -0.168. The van der Waals surface area contributed by atoms with Crippen LogP contribution in [-0.2, 0) is 19.1 Å². The monoisotopic (exact) mass is 224 g/mol. The van der Waals surface area contributed by atoms with Crippen molar-refractivity contribution in [3.63, 3.8) is 0 Å². The van der Waals surface area contributed by atoms with Gasteiger partial charge in [0, 0.05) is 6.42 Å². The Labute approximate surface area is 95.6 Å². The summed E-state index contributed by atoms with van der Waals surface area (Å²) < 4.78 is 9.24. The number of carbonyl (C=O) groups excluding carboxylic acids is 2. The van der Waals surface area contributed by atoms with E-state index < -0.39 is 17.4 Å². The number of methoxy groups -OCH3 is 2. The van der Waals surface area contributed by atoms with Gasteiger partial charge in [-0.1, -0.05) is 12.2 Å². The third kappa shape index (κ3) is 2.86. The molecule has 0 aromatic heterocycles. The maximum absolute atomic E-state index is 11.7. The highest BCUT2D eigenvalue weighted by Crippen LogP contribution is 2.30. The van der Waals surface area contributed by atoms with E-state index in [4.69, 9.17) is 6.42 Å². The number of carbonyl (C=O) groups is 2. The van der Waals surface area contributed by atoms with E-state index in [1.807, 2.05) is 0 Å². The summed E-state index contributed by atoms with van der Waals surface area (Å²) in [5, 5.41) is 0. The maximum atomic E-state index is 11.7. The molecule has 16 heavy (non-hydrogen) atoms. The molecular formula is C12H16O4. The first kappa shape index (κ1) is 14.2. The second-order valence-corrected chi connectivity index (χ2v) is 3.22. The lowest BCUT2D eigenvalue weighted by Crippen LogP contribution is -2.40. The Hall–Kier alpha value is -1.76. The number of rotatable bonds is 5. The van der Waals surface area contributed by atoms with Crippen LogP contribution in [0.2, 0.25) is 0 Å². The smallest absolute Gasteiger partial charge is 0.324 e. The van der Waals surface area contributed by atoms with Gasteiger partial charge in [-0.25, -0.2) is 0 Å². The molecule has 0 aromatic rings. The first-order valence-corrected chi connectivity index (χ1v) is 4.80. The van der Waals surface area contributed by atoms with Gasteiger partial charge >= 0.3 is 11.9 Å². The van der Waals surface area contributed by atoms with Crippen molar-refractivity contribution in [2.75, 3.05) is 14.2 Å². The largest absolute Gasteiger partial charge is 0.468 e. The zero-order chi connectivity index (χ0) is 12.6. The highest BCUT2D eigenvalue weighted by molar-refractivity contribution is 6.00. The lowest BCUT2D eigenvalue weighted by Gasteiger charge is -2.24. The molecule has 0 bridgehead atoms. The fraction of sp³-hybridized carbons (Fsp3) is 0.500. The topological polar surface area (TPSA) is 52.6 Å². The van der Waals surface area contributed by atoms with Gasteiger partial charge in [0.15, 0.2) is 5.41 Å². The summed E-state index contributed by atoms with van der Waals surface area (Å²) >= 11 is 0. The summed E-state index contributed by atoms with van der Waals surface area (Å²) in [4.78, 5) is 23.4. The molecule has 0 unspecified atom stereocenters. The molecule has 0 spiro atoms. The molecule has 4 heteroatoms. The molecule has 88 valence electrons. The summed E-state index contributed by atoms with van der Waals surface area (Å²) in [5.41, 5.74) is -1.43. The molecule has 0 aromatic carbocycles. The molecular weight excluding hydrogens is 208 g/mol. The number of hydrogen-bond acceptors (Lipinski definition) is 4. The zero-order valence-corrected chi connectivity index (χ0v) is 9.78. The van der Waals surface area contributed by atoms with Crippen LogP contribution in [-0.4, -0.2) is 26.2 Å². The van der Waals surface area contributed by atoms with E-state index in [0.29, 0.717) is 0 Å². The fourth-order valence-electron chi connectivity index (χ4n) is 1.35. The van der Waals surface area contributed by atoms with Crippen LogP contribution in [0.4, 0.5) is 0 Å². The quantitative estimate of drug-likeness (QED) is 0.306. The van der Waals surface area contributed by atoms with Gasteiger partial charge in [-0.2, -0.15) is 0 Å². The highest BCUT2D eigenvalue weighted by atomic mass is 16.5. The van der Waals surface area contributed by atoms with E-state index >= 15 is 0 Å². The van der Waals surface area contributed by atoms with Crippen molar-refractivity contribution in [2.45, 2.75) is 19.8 Å². The Morgan fingerprint density at radius 2 is 1.81 bits per heavy atom. The van der Waals surface area contributed by atoms with E-state index in [-0.39, 0.29) is 12.8 Å². The van der Waals surface area contributed by atoms with Crippen molar-refractivity contribution >= 4 is 11.9 Å². The van der Waals surface area contributed by atoms with Gasteiger partial charge in [0.1, 0.15) is 0 Å². The van der Waals surface area contributed by atoms with Crippen LogP contribution in [0.25, 0.3) is 0 Å². The van der Waals surface area contributed by atoms with E-state index in [9.17, 15) is 9.59 Å². The third-order valence-corrected chi connectivity index (χ3v) is 2.26. The minimum atomic E-state index is -1.43. The van der Waals surface area contributed by atoms with Gasteiger partial charge in [-0.15, -0.1) is 12.3 Å². The predicted molar refractivity (Wildman–Crippen MR) is 59.3 cm³/mol. The fourth-order valence-corrected chi connectivity index (χ4v) is 1.35. The molecule has 0 atom stereocenters. The van der Waals surface area contributed by atoms with Gasteiger partial charge in [0.05, 0.1) is 14.2 Å². The molecule has 0 radical (unpaired) electrons. The van der Waals surface area contributed by atoms with E-state index in [1.54, 1.807) is 19.1 Å². The van der Waals surface area contributed by atoms with Crippen LogP contribution in [0.5, 0.6) is 0 Å². The minimum absolute atomic E-state index is 0.0450. The molecule has 0 heterocycles. The highest BCUT2D eigenvalue weighted by Gasteiger charge is 2.46. The van der Waals surface area contributed by atoms with Gasteiger partial charge in [0.2, 0.25) is 0 Å². The molecule has 0 amide bonds. The van der Waals surface area contributed by atoms with Crippen LogP contribution in [0.15, 0.2) is 12.2 Å². The van der Waals surface area contributed by atoms with E-state index in [0.717, 1.165) is 0 Å². The maximum Gasteiger partial charge on any atom is 0.324 e. The molecule has 0 fully saturated rings. The Balaban J connectivity index is 5.29. The average molecular weight is 224 g/mol. The molecule has 0 N–H and O–H groups in total. The van der Waals surface area contributed by atoms with E-state index in [1.165, 1.54) is 14.2 Å². The van der Waals surface area contributed by atoms with Crippen LogP contribution in [0.3, 0.4) is 0 Å². The van der Waals surface area contributed by atoms with Gasteiger partial charge in [0.25, 0.3) is 0 Å². The third-order valence-electron chi connectivity index (χ3n) is 2.26. The molecule has 0 saturated heterocycles. The van der Waals surface area contributed by atoms with Gasteiger partial charge < -0.3 is 9.47 Å². The van der Waals surface area contributed by atoms with Crippen molar-refractivity contribution in [3.05, 3.63) is 12.2 Å². The van der Waals surface area contributed by atoms with Crippen LogP contribution in [0.1, 0.15) is 19.8 Å². The first-order valence-electron chi connectivity index (χ1n) is 4.80.